The zero-order chi connectivity index (χ0) is 19.2. The van der Waals surface area contributed by atoms with Crippen LogP contribution in [0.1, 0.15) is 29.7 Å². The monoisotopic (exact) mass is 361 g/mol. The number of hydrogen-bond donors (Lipinski definition) is 2. The number of aliphatic carboxylic acids is 1. The summed E-state index contributed by atoms with van der Waals surface area (Å²) in [4.78, 5) is 11.1. The summed E-state index contributed by atoms with van der Waals surface area (Å²) in [6, 6.07) is 23.6. The highest BCUT2D eigenvalue weighted by molar-refractivity contribution is 5.71. The van der Waals surface area contributed by atoms with Gasteiger partial charge in [0, 0.05) is 12.1 Å². The molecule has 0 heterocycles. The maximum Gasteiger partial charge on any atom is 0.307 e. The molecule has 138 valence electrons. The highest BCUT2D eigenvalue weighted by Gasteiger charge is 2.13. The van der Waals surface area contributed by atoms with Crippen LogP contribution in [0.15, 0.2) is 72.8 Å². The van der Waals surface area contributed by atoms with Gasteiger partial charge in [0.25, 0.3) is 0 Å². The fourth-order valence-corrected chi connectivity index (χ4v) is 3.04. The Hall–Kier alpha value is -3.11. The van der Waals surface area contributed by atoms with Crippen LogP contribution in [0.2, 0.25) is 0 Å². The third-order valence-electron chi connectivity index (χ3n) is 4.47. The number of para-hydroxylation sites is 1. The predicted octanol–water partition coefficient (Wildman–Crippen LogP) is 4.58. The first-order valence-corrected chi connectivity index (χ1v) is 8.92. The Bertz CT molecular complexity index is 936. The molecule has 3 rings (SSSR count). The summed E-state index contributed by atoms with van der Waals surface area (Å²) < 4.78 is 6.08. The Morgan fingerprint density at radius 2 is 1.70 bits per heavy atom. The van der Waals surface area contributed by atoms with Gasteiger partial charge >= 0.3 is 5.97 Å². The first kappa shape index (κ1) is 18.7. The van der Waals surface area contributed by atoms with E-state index in [1.807, 2.05) is 49.4 Å². The largest absolute Gasteiger partial charge is 0.486 e. The van der Waals surface area contributed by atoms with Gasteiger partial charge in [-0.2, -0.15) is 0 Å². The number of ether oxygens (including phenoxy) is 1. The van der Waals surface area contributed by atoms with Crippen LogP contribution < -0.4 is 10.5 Å². The third kappa shape index (κ3) is 4.74. The number of benzene rings is 3. The van der Waals surface area contributed by atoms with E-state index in [9.17, 15) is 4.79 Å². The van der Waals surface area contributed by atoms with Crippen LogP contribution in [0.3, 0.4) is 0 Å². The van der Waals surface area contributed by atoms with Gasteiger partial charge in [0.15, 0.2) is 0 Å². The summed E-state index contributed by atoms with van der Waals surface area (Å²) in [6.07, 6.45) is -0.271. The number of nitrogens with two attached hydrogens (primary N) is 1. The van der Waals surface area contributed by atoms with Crippen molar-refractivity contribution < 1.29 is 14.6 Å². The van der Waals surface area contributed by atoms with E-state index in [0.717, 1.165) is 22.3 Å². The molecule has 3 aromatic carbocycles. The molecule has 0 spiro atoms. The minimum Gasteiger partial charge on any atom is -0.486 e. The van der Waals surface area contributed by atoms with Gasteiger partial charge in [-0.25, -0.2) is 0 Å². The fourth-order valence-electron chi connectivity index (χ4n) is 3.04. The van der Waals surface area contributed by atoms with Crippen LogP contribution in [-0.2, 0) is 17.8 Å². The third-order valence-corrected chi connectivity index (χ3v) is 4.47. The van der Waals surface area contributed by atoms with Crippen molar-refractivity contribution >= 4 is 5.97 Å². The lowest BCUT2D eigenvalue weighted by molar-refractivity contribution is -0.136. The molecule has 0 bridgehead atoms. The molecular formula is C23H23NO3. The molecule has 4 nitrogen and oxygen atoms in total. The number of hydrogen-bond acceptors (Lipinski definition) is 3. The zero-order valence-electron chi connectivity index (χ0n) is 15.3. The highest BCUT2D eigenvalue weighted by Crippen LogP contribution is 2.28. The minimum absolute atomic E-state index is 0.0607. The Balaban J connectivity index is 1.84. The van der Waals surface area contributed by atoms with E-state index in [1.54, 1.807) is 6.07 Å². The molecule has 0 saturated carbocycles. The lowest BCUT2D eigenvalue weighted by Crippen LogP contribution is -2.07. The molecule has 27 heavy (non-hydrogen) atoms. The molecule has 0 aromatic heterocycles. The fraction of sp³-hybridized carbons (Fsp3) is 0.174. The van der Waals surface area contributed by atoms with Crippen LogP contribution in [-0.4, -0.2) is 11.1 Å². The molecule has 3 aromatic rings. The van der Waals surface area contributed by atoms with Gasteiger partial charge < -0.3 is 15.6 Å². The second-order valence-electron chi connectivity index (χ2n) is 6.47. The van der Waals surface area contributed by atoms with E-state index in [0.29, 0.717) is 17.9 Å². The standard InChI is InChI=1S/C23H23NO3/c1-16(27-22-11-3-2-7-21(22)14-23(25)26)18-8-5-10-20(13-18)19-9-4-6-17(12-19)15-24/h2-13,16H,14-15,24H2,1H3,(H,25,26)/t16-/m0/s1. The lowest BCUT2D eigenvalue weighted by Gasteiger charge is -2.18. The van der Waals surface area contributed by atoms with E-state index < -0.39 is 5.97 Å². The van der Waals surface area contributed by atoms with E-state index >= 15 is 0 Å². The lowest BCUT2D eigenvalue weighted by atomic mass is 9.99. The Labute approximate surface area is 159 Å². The van der Waals surface area contributed by atoms with Crippen LogP contribution in [0.5, 0.6) is 5.75 Å². The van der Waals surface area contributed by atoms with Crippen molar-refractivity contribution in [3.8, 4) is 16.9 Å². The van der Waals surface area contributed by atoms with Crippen LogP contribution in [0.4, 0.5) is 0 Å². The molecule has 0 saturated heterocycles. The maximum absolute atomic E-state index is 11.1. The van der Waals surface area contributed by atoms with E-state index in [-0.39, 0.29) is 12.5 Å². The minimum atomic E-state index is -0.875. The molecule has 3 N–H and O–H groups in total. The summed E-state index contributed by atoms with van der Waals surface area (Å²) >= 11 is 0. The molecule has 0 amide bonds. The molecule has 0 radical (unpaired) electrons. The molecule has 0 unspecified atom stereocenters. The molecule has 0 aliphatic carbocycles. The zero-order valence-corrected chi connectivity index (χ0v) is 15.3. The molecule has 0 aliphatic rings. The summed E-state index contributed by atoms with van der Waals surface area (Å²) in [5.41, 5.74) is 10.7. The second kappa shape index (κ2) is 8.52. The molecule has 1 atom stereocenters. The van der Waals surface area contributed by atoms with Crippen LogP contribution in [0, 0.1) is 0 Å². The first-order valence-electron chi connectivity index (χ1n) is 8.92. The molecule has 0 aliphatic heterocycles. The number of carboxylic acid groups (broad SMARTS) is 1. The maximum atomic E-state index is 11.1. The van der Waals surface area contributed by atoms with Crippen molar-refractivity contribution in [2.75, 3.05) is 0 Å². The first-order chi connectivity index (χ1) is 13.1. The van der Waals surface area contributed by atoms with Gasteiger partial charge in [0.1, 0.15) is 11.9 Å². The van der Waals surface area contributed by atoms with Crippen LogP contribution in [0.25, 0.3) is 11.1 Å². The summed E-state index contributed by atoms with van der Waals surface area (Å²) in [7, 11) is 0. The Morgan fingerprint density at radius 1 is 1.00 bits per heavy atom. The van der Waals surface area contributed by atoms with Gasteiger partial charge in [-0.3, -0.25) is 4.79 Å². The number of rotatable bonds is 7. The average Bonchev–Trinajstić information content (AvgIpc) is 2.69. The average molecular weight is 361 g/mol. The van der Waals surface area contributed by atoms with Gasteiger partial charge in [0.2, 0.25) is 0 Å². The van der Waals surface area contributed by atoms with Gasteiger partial charge in [-0.1, -0.05) is 54.6 Å². The normalized spacial score (nSPS) is 11.8. The molecular weight excluding hydrogens is 338 g/mol. The van der Waals surface area contributed by atoms with Crippen molar-refractivity contribution in [3.05, 3.63) is 89.5 Å². The molecule has 4 heteroatoms. The van der Waals surface area contributed by atoms with Gasteiger partial charge in [0.05, 0.1) is 6.42 Å². The Morgan fingerprint density at radius 3 is 2.44 bits per heavy atom. The number of carbonyl (C=O) groups is 1. The van der Waals surface area contributed by atoms with Crippen LogP contribution >= 0.6 is 0 Å². The van der Waals surface area contributed by atoms with Gasteiger partial charge in [-0.05, 0) is 47.4 Å². The SMILES string of the molecule is C[C@H](Oc1ccccc1CC(=O)O)c1cccc(-c2cccc(CN)c2)c1. The Kier molecular flexibility index (Phi) is 5.89. The van der Waals surface area contributed by atoms with Crippen molar-refractivity contribution in [1.29, 1.82) is 0 Å². The number of carboxylic acids is 1. The summed E-state index contributed by atoms with van der Waals surface area (Å²) in [6.45, 7) is 2.47. The molecule has 0 fully saturated rings. The van der Waals surface area contributed by atoms with Crippen molar-refractivity contribution in [3.63, 3.8) is 0 Å². The predicted molar refractivity (Wildman–Crippen MR) is 107 cm³/mol. The smallest absolute Gasteiger partial charge is 0.307 e. The van der Waals surface area contributed by atoms with Gasteiger partial charge in [-0.15, -0.1) is 0 Å². The van der Waals surface area contributed by atoms with Crippen molar-refractivity contribution in [1.82, 2.24) is 0 Å². The highest BCUT2D eigenvalue weighted by atomic mass is 16.5. The summed E-state index contributed by atoms with van der Waals surface area (Å²) in [5.74, 6) is -0.275. The topological polar surface area (TPSA) is 72.5 Å². The quantitative estimate of drug-likeness (QED) is 0.646. The van der Waals surface area contributed by atoms with Crippen molar-refractivity contribution in [2.24, 2.45) is 5.73 Å². The van der Waals surface area contributed by atoms with Crippen molar-refractivity contribution in [2.45, 2.75) is 26.0 Å². The summed E-state index contributed by atoms with van der Waals surface area (Å²) in [5, 5.41) is 9.08. The van der Waals surface area contributed by atoms with E-state index in [2.05, 4.69) is 24.3 Å². The van der Waals surface area contributed by atoms with E-state index in [1.165, 1.54) is 0 Å². The second-order valence-corrected chi connectivity index (χ2v) is 6.47. The van der Waals surface area contributed by atoms with E-state index in [4.69, 9.17) is 15.6 Å².